The van der Waals surface area contributed by atoms with Gasteiger partial charge in [0.2, 0.25) is 17.7 Å². The molecule has 1 fully saturated rings. The number of benzene rings is 1. The molecule has 1 aliphatic rings. The minimum Gasteiger partial charge on any atom is -0.481 e. The van der Waals surface area contributed by atoms with Gasteiger partial charge in [0.15, 0.2) is 0 Å². The van der Waals surface area contributed by atoms with E-state index in [0.29, 0.717) is 13.0 Å². The Kier molecular flexibility index (Phi) is 9.57. The van der Waals surface area contributed by atoms with Crippen LogP contribution in [0.3, 0.4) is 0 Å². The number of aliphatic hydroxyl groups is 1. The van der Waals surface area contributed by atoms with E-state index in [1.54, 1.807) is 6.20 Å². The molecular formula is C24H31N5O8. The highest BCUT2D eigenvalue weighted by molar-refractivity contribution is 5.95. The molecule has 0 aliphatic carbocycles. The molecule has 0 saturated carbocycles. The molecule has 1 saturated heterocycles. The zero-order valence-corrected chi connectivity index (χ0v) is 20.0. The summed E-state index contributed by atoms with van der Waals surface area (Å²) in [5.41, 5.74) is 1.59. The maximum absolute atomic E-state index is 13.2. The van der Waals surface area contributed by atoms with Gasteiger partial charge in [-0.05, 0) is 37.4 Å². The number of carbonyl (C=O) groups excluding carboxylic acids is 3. The second-order valence-electron chi connectivity index (χ2n) is 8.85. The van der Waals surface area contributed by atoms with Crippen molar-refractivity contribution < 1.29 is 39.3 Å². The van der Waals surface area contributed by atoms with Gasteiger partial charge in [-0.15, -0.1) is 0 Å². The quantitative estimate of drug-likeness (QED) is 0.161. The number of H-pyrrole nitrogens is 1. The van der Waals surface area contributed by atoms with Crippen molar-refractivity contribution in [2.24, 2.45) is 0 Å². The lowest BCUT2D eigenvalue weighted by atomic mass is 10.0. The van der Waals surface area contributed by atoms with Crippen molar-refractivity contribution in [3.05, 3.63) is 36.0 Å². The fourth-order valence-corrected chi connectivity index (χ4v) is 4.17. The molecule has 3 rings (SSSR count). The third kappa shape index (κ3) is 7.51. The molecule has 0 bridgehead atoms. The lowest BCUT2D eigenvalue weighted by molar-refractivity contribution is -0.143. The average molecular weight is 518 g/mol. The number of hydrogen-bond donors (Lipinski definition) is 8. The Bertz CT molecular complexity index is 1140. The van der Waals surface area contributed by atoms with Gasteiger partial charge >= 0.3 is 11.9 Å². The SMILES string of the molecule is O=C(O)CCC(NC(=O)C(CO)NC(=O)C(Cc1c[nH]c2ccccc12)NC(=O)C1CCCN1)C(=O)O. The smallest absolute Gasteiger partial charge is 0.326 e. The van der Waals surface area contributed by atoms with Crippen LogP contribution in [0.4, 0.5) is 0 Å². The van der Waals surface area contributed by atoms with E-state index in [0.717, 1.165) is 22.9 Å². The summed E-state index contributed by atoms with van der Waals surface area (Å²) in [7, 11) is 0. The largest absolute Gasteiger partial charge is 0.481 e. The fraction of sp³-hybridized carbons (Fsp3) is 0.458. The Labute approximate surface area is 212 Å². The number of nitrogens with one attached hydrogen (secondary N) is 5. The predicted octanol–water partition coefficient (Wildman–Crippen LogP) is -1.14. The first-order valence-electron chi connectivity index (χ1n) is 11.9. The van der Waals surface area contributed by atoms with Gasteiger partial charge in [0.1, 0.15) is 18.1 Å². The van der Waals surface area contributed by atoms with Crippen molar-refractivity contribution in [1.82, 2.24) is 26.3 Å². The lowest BCUT2D eigenvalue weighted by Crippen LogP contribution is -2.58. The van der Waals surface area contributed by atoms with E-state index in [1.165, 1.54) is 0 Å². The summed E-state index contributed by atoms with van der Waals surface area (Å²) in [4.78, 5) is 63.9. The van der Waals surface area contributed by atoms with Crippen LogP contribution in [0.25, 0.3) is 10.9 Å². The minimum absolute atomic E-state index is 0.0877. The molecule has 0 radical (unpaired) electrons. The van der Waals surface area contributed by atoms with Gasteiger partial charge in [-0.25, -0.2) is 4.79 Å². The van der Waals surface area contributed by atoms with Gasteiger partial charge in [0.25, 0.3) is 0 Å². The van der Waals surface area contributed by atoms with E-state index in [1.807, 2.05) is 24.3 Å². The Hall–Kier alpha value is -3.97. The Balaban J connectivity index is 1.74. The number of rotatable bonds is 13. The topological polar surface area (TPSA) is 210 Å². The number of para-hydroxylation sites is 1. The first kappa shape index (κ1) is 27.6. The molecule has 37 heavy (non-hydrogen) atoms. The molecule has 13 nitrogen and oxygen atoms in total. The van der Waals surface area contributed by atoms with E-state index >= 15 is 0 Å². The molecule has 1 aromatic heterocycles. The number of carboxylic acids is 2. The monoisotopic (exact) mass is 517 g/mol. The summed E-state index contributed by atoms with van der Waals surface area (Å²) in [6.07, 6.45) is 2.36. The Morgan fingerprint density at radius 3 is 2.32 bits per heavy atom. The molecule has 3 amide bonds. The number of hydrogen-bond acceptors (Lipinski definition) is 7. The molecule has 0 spiro atoms. The Morgan fingerprint density at radius 1 is 0.973 bits per heavy atom. The Morgan fingerprint density at radius 2 is 1.68 bits per heavy atom. The van der Waals surface area contributed by atoms with Gasteiger partial charge in [-0.1, -0.05) is 18.2 Å². The van der Waals surface area contributed by atoms with Crippen molar-refractivity contribution in [3.63, 3.8) is 0 Å². The average Bonchev–Trinajstić information content (AvgIpc) is 3.55. The molecule has 4 unspecified atom stereocenters. The summed E-state index contributed by atoms with van der Waals surface area (Å²) in [5.74, 6) is -4.81. The third-order valence-electron chi connectivity index (χ3n) is 6.19. The number of aliphatic hydroxyl groups excluding tert-OH is 1. The number of aromatic nitrogens is 1. The number of amides is 3. The van der Waals surface area contributed by atoms with Crippen LogP contribution >= 0.6 is 0 Å². The zero-order chi connectivity index (χ0) is 26.9. The van der Waals surface area contributed by atoms with Crippen LogP contribution in [0.5, 0.6) is 0 Å². The fourth-order valence-electron chi connectivity index (χ4n) is 4.17. The van der Waals surface area contributed by atoms with Crippen LogP contribution in [0.1, 0.15) is 31.2 Å². The van der Waals surface area contributed by atoms with E-state index in [-0.39, 0.29) is 18.7 Å². The summed E-state index contributed by atoms with van der Waals surface area (Å²) in [6, 6.07) is 2.82. The molecule has 2 aromatic rings. The van der Waals surface area contributed by atoms with E-state index in [2.05, 4.69) is 26.3 Å². The van der Waals surface area contributed by atoms with E-state index in [9.17, 15) is 34.2 Å². The first-order chi connectivity index (χ1) is 17.7. The van der Waals surface area contributed by atoms with Gasteiger partial charge < -0.3 is 41.6 Å². The maximum atomic E-state index is 13.2. The van der Waals surface area contributed by atoms with Gasteiger partial charge in [-0.2, -0.15) is 0 Å². The standard InChI is InChI=1S/C24H31N5O8/c30-12-19(23(35)27-17(24(36)37)7-8-20(31)32)29-22(34)18(28-21(33)16-6-3-9-25-16)10-13-11-26-15-5-2-1-4-14(13)15/h1-2,4-5,11,16-19,25-26,30H,3,6-10,12H2,(H,27,35)(H,28,33)(H,29,34)(H,31,32)(H,36,37). The molecule has 200 valence electrons. The van der Waals surface area contributed by atoms with Crippen LogP contribution in [0.15, 0.2) is 30.5 Å². The maximum Gasteiger partial charge on any atom is 0.326 e. The molecular weight excluding hydrogens is 486 g/mol. The van der Waals surface area contributed by atoms with Crippen LogP contribution in [0, 0.1) is 0 Å². The first-order valence-corrected chi connectivity index (χ1v) is 11.9. The second-order valence-corrected chi connectivity index (χ2v) is 8.85. The molecule has 1 aliphatic heterocycles. The number of fused-ring (bicyclic) bond motifs is 1. The van der Waals surface area contributed by atoms with Crippen molar-refractivity contribution in [2.75, 3.05) is 13.2 Å². The molecule has 2 heterocycles. The van der Waals surface area contributed by atoms with Gasteiger partial charge in [0.05, 0.1) is 12.6 Å². The summed E-state index contributed by atoms with van der Waals surface area (Å²) < 4.78 is 0. The lowest BCUT2D eigenvalue weighted by Gasteiger charge is -2.24. The van der Waals surface area contributed by atoms with Crippen molar-refractivity contribution >= 4 is 40.6 Å². The highest BCUT2D eigenvalue weighted by atomic mass is 16.4. The van der Waals surface area contributed by atoms with Crippen molar-refractivity contribution in [1.29, 1.82) is 0 Å². The number of carboxylic acid groups (broad SMARTS) is 2. The van der Waals surface area contributed by atoms with Crippen molar-refractivity contribution in [2.45, 2.75) is 56.3 Å². The van der Waals surface area contributed by atoms with E-state index in [4.69, 9.17) is 5.11 Å². The summed E-state index contributed by atoms with van der Waals surface area (Å²) >= 11 is 0. The molecule has 8 N–H and O–H groups in total. The van der Waals surface area contributed by atoms with Crippen LogP contribution in [0.2, 0.25) is 0 Å². The van der Waals surface area contributed by atoms with E-state index < -0.39 is 60.9 Å². The minimum atomic E-state index is -1.52. The zero-order valence-electron chi connectivity index (χ0n) is 20.0. The molecule has 13 heteroatoms. The van der Waals surface area contributed by atoms with Crippen LogP contribution in [-0.2, 0) is 30.4 Å². The second kappa shape index (κ2) is 12.8. The predicted molar refractivity (Wildman–Crippen MR) is 130 cm³/mol. The molecule has 4 atom stereocenters. The highest BCUT2D eigenvalue weighted by Crippen LogP contribution is 2.19. The van der Waals surface area contributed by atoms with Gasteiger partial charge in [0, 0.05) is 29.9 Å². The summed E-state index contributed by atoms with van der Waals surface area (Å²) in [6.45, 7) is -0.169. The van der Waals surface area contributed by atoms with Crippen LogP contribution in [-0.4, -0.2) is 87.3 Å². The van der Waals surface area contributed by atoms with Crippen LogP contribution < -0.4 is 21.3 Å². The van der Waals surface area contributed by atoms with Crippen molar-refractivity contribution in [3.8, 4) is 0 Å². The number of aliphatic carboxylic acids is 2. The summed E-state index contributed by atoms with van der Waals surface area (Å²) in [5, 5.41) is 39.0. The number of aromatic amines is 1. The third-order valence-corrected chi connectivity index (χ3v) is 6.19. The highest BCUT2D eigenvalue weighted by Gasteiger charge is 2.32. The normalized spacial score (nSPS) is 17.5. The van der Waals surface area contributed by atoms with Gasteiger partial charge in [-0.3, -0.25) is 19.2 Å². The number of carbonyl (C=O) groups is 5. The molecule has 1 aromatic carbocycles.